The quantitative estimate of drug-likeness (QED) is 0.125. The Morgan fingerprint density at radius 3 is 0.259 bits per heavy atom. The van der Waals surface area contributed by atoms with Gasteiger partial charge in [-0.1, -0.05) is 0 Å². The maximum Gasteiger partial charge on any atom is 0.761 e. The van der Waals surface area contributed by atoms with Crippen LogP contribution in [0.25, 0.3) is 0 Å². The van der Waals surface area contributed by atoms with Crippen molar-refractivity contribution < 1.29 is 84.3 Å². The Morgan fingerprint density at radius 2 is 0.259 bits per heavy atom. The zero-order valence-electron chi connectivity index (χ0n) is 10.8. The fourth-order valence-electron chi connectivity index (χ4n) is 0. The van der Waals surface area contributed by atoms with E-state index in [0.29, 0.717) is 0 Å². The summed E-state index contributed by atoms with van der Waals surface area (Å²) in [7, 11) is -18.8. The van der Waals surface area contributed by atoms with Crippen LogP contribution in [0.1, 0.15) is 0 Å². The maximum atomic E-state index is 8.74. The van der Waals surface area contributed by atoms with Crippen molar-refractivity contribution >= 4 is 124 Å². The Kier molecular flexibility index (Phi) is 105. The van der Waals surface area contributed by atoms with E-state index in [2.05, 4.69) is 0 Å². The third-order valence-electron chi connectivity index (χ3n) is 0. The first kappa shape index (κ1) is 56.3. The van der Waals surface area contributed by atoms with Crippen LogP contribution >= 0.6 is 0 Å². The molecule has 27 heavy (non-hydrogen) atoms. The zero-order chi connectivity index (χ0) is 21.5. The number of hydrogen-bond acceptors (Lipinski definition) is 6. The van der Waals surface area contributed by atoms with Gasteiger partial charge in [-0.2, -0.15) is 0 Å². The van der Waals surface area contributed by atoms with E-state index in [1.165, 1.54) is 0 Å². The summed E-state index contributed by atoms with van der Waals surface area (Å²) >= 11 is 0. The van der Waals surface area contributed by atoms with E-state index in [4.69, 9.17) is 84.3 Å². The molecule has 0 bridgehead atoms. The highest BCUT2D eigenvalue weighted by molar-refractivity contribution is 6.23. The SMILES string of the molecule is O=[Si](O)O.O=[Si](O)O.O=[Si](O)O.O=[Si](O)O.O=[Si](O)O.O=[Si](O)O.[MgH2].[MgH2].[MgH2]. The van der Waals surface area contributed by atoms with Crippen LogP contribution < -0.4 is 0 Å². The predicted octanol–water partition coefficient (Wildman–Crippen LogP) is -12.4. The lowest BCUT2D eigenvalue weighted by molar-refractivity contribution is 0.328. The predicted molar refractivity (Wildman–Crippen MR) is 90.9 cm³/mol. The van der Waals surface area contributed by atoms with Gasteiger partial charge in [-0.3, -0.25) is 26.8 Å². The first-order chi connectivity index (χ1) is 10.4. The molecule has 0 aliphatic rings. The molecule has 0 rings (SSSR count). The molecular weight excluding hydrogens is 529 g/mol. The number of rotatable bonds is 0. The van der Waals surface area contributed by atoms with E-state index < -0.39 is 55.0 Å². The van der Waals surface area contributed by atoms with E-state index in [-0.39, 0.29) is 69.2 Å². The summed E-state index contributed by atoms with van der Waals surface area (Å²) < 4.78 is 52.4. The smallest absolute Gasteiger partial charge is 0.511 e. The largest absolute Gasteiger partial charge is 0.761 e. The molecule has 0 unspecified atom stereocenters. The van der Waals surface area contributed by atoms with Gasteiger partial charge in [0.05, 0.1) is 0 Å². The summed E-state index contributed by atoms with van der Waals surface area (Å²) in [6, 6.07) is 0. The Balaban J connectivity index is -0.0000000201. The molecule has 0 fully saturated rings. The monoisotopic (exact) mass is 546 g/mol. The molecule has 0 aromatic heterocycles. The van der Waals surface area contributed by atoms with Crippen molar-refractivity contribution in [2.75, 3.05) is 0 Å². The van der Waals surface area contributed by atoms with Crippen molar-refractivity contribution in [2.45, 2.75) is 0 Å². The summed E-state index contributed by atoms with van der Waals surface area (Å²) in [6.45, 7) is 0. The van der Waals surface area contributed by atoms with E-state index in [9.17, 15) is 0 Å². The van der Waals surface area contributed by atoms with E-state index in [0.717, 1.165) is 0 Å². The first-order valence-corrected chi connectivity index (χ1v) is 11.7. The Bertz CT molecular complexity index is 264. The van der Waals surface area contributed by atoms with Gasteiger partial charge in [0.1, 0.15) is 0 Å². The average molecular weight is 548 g/mol. The molecule has 0 aromatic carbocycles. The van der Waals surface area contributed by atoms with Gasteiger partial charge < -0.3 is 57.5 Å². The summed E-state index contributed by atoms with van der Waals surface area (Å²) in [5.41, 5.74) is 0. The van der Waals surface area contributed by atoms with Gasteiger partial charge in [0.2, 0.25) is 0 Å². The minimum absolute atomic E-state index is 0. The average Bonchev–Trinajstić information content (AvgIpc) is 2.08. The van der Waals surface area contributed by atoms with Gasteiger partial charge in [-0.15, -0.1) is 0 Å². The second-order valence-electron chi connectivity index (χ2n) is 1.70. The summed E-state index contributed by atoms with van der Waals surface area (Å²) in [4.78, 5) is 85.9. The third-order valence-corrected chi connectivity index (χ3v) is 0. The Labute approximate surface area is 206 Å². The normalized spacial score (nSPS) is 5.33. The minimum Gasteiger partial charge on any atom is -0.511 e. The first-order valence-electron chi connectivity index (χ1n) is 3.91. The second kappa shape index (κ2) is 50.2. The molecule has 12 N–H and O–H groups in total. The lowest BCUT2D eigenvalue weighted by Gasteiger charge is -1.55. The van der Waals surface area contributed by atoms with Crippen molar-refractivity contribution in [1.29, 1.82) is 0 Å². The minimum atomic E-state index is -3.13. The van der Waals surface area contributed by atoms with Crippen LogP contribution in [0.2, 0.25) is 0 Å². The van der Waals surface area contributed by atoms with Crippen molar-refractivity contribution in [3.63, 3.8) is 0 Å². The van der Waals surface area contributed by atoms with E-state index in [1.54, 1.807) is 0 Å². The molecule has 0 spiro atoms. The summed E-state index contributed by atoms with van der Waals surface area (Å²) in [5.74, 6) is 0. The fraction of sp³-hybridized carbons (Fsp3) is 0. The summed E-state index contributed by atoms with van der Waals surface area (Å²) in [5, 5.41) is 0. The molecule has 0 atom stereocenters. The maximum absolute atomic E-state index is 8.74. The molecule has 156 valence electrons. The summed E-state index contributed by atoms with van der Waals surface area (Å²) in [6.07, 6.45) is 0. The van der Waals surface area contributed by atoms with Gasteiger partial charge in [0, 0.05) is 0 Å². The molecule has 27 heteroatoms. The van der Waals surface area contributed by atoms with E-state index >= 15 is 0 Å². The van der Waals surface area contributed by atoms with Crippen LogP contribution in [0.5, 0.6) is 0 Å². The Morgan fingerprint density at radius 1 is 0.259 bits per heavy atom. The second-order valence-corrected chi connectivity index (χ2v) is 5.09. The molecule has 0 saturated carbocycles. The molecular formula is H18Mg3O18Si6. The van der Waals surface area contributed by atoms with Gasteiger partial charge in [0.15, 0.2) is 0 Å². The van der Waals surface area contributed by atoms with Crippen molar-refractivity contribution in [3.05, 3.63) is 0 Å². The Hall–Kier alpha value is 0.000000000000000888. The van der Waals surface area contributed by atoms with Gasteiger partial charge in [0.25, 0.3) is 0 Å². The van der Waals surface area contributed by atoms with Gasteiger partial charge >= 0.3 is 124 Å². The molecule has 0 amide bonds. The highest BCUT2D eigenvalue weighted by Crippen LogP contribution is 1.29. The number of hydrogen-bond donors (Lipinski definition) is 12. The lowest BCUT2D eigenvalue weighted by atomic mass is 15.8. The molecule has 0 heterocycles. The van der Waals surface area contributed by atoms with E-state index in [1.807, 2.05) is 0 Å². The zero-order valence-corrected chi connectivity index (χ0v) is 16.8. The van der Waals surface area contributed by atoms with Gasteiger partial charge in [-0.25, -0.2) is 0 Å². The topological polar surface area (TPSA) is 345 Å². The molecule has 0 aromatic rings. The van der Waals surface area contributed by atoms with Crippen molar-refractivity contribution in [2.24, 2.45) is 0 Å². The molecule has 0 aliphatic carbocycles. The van der Waals surface area contributed by atoms with Crippen LogP contribution in [0.4, 0.5) is 0 Å². The van der Waals surface area contributed by atoms with Crippen molar-refractivity contribution in [1.82, 2.24) is 0 Å². The van der Waals surface area contributed by atoms with Crippen LogP contribution in [0.15, 0.2) is 0 Å². The third kappa shape index (κ3) is 19000000000000000695311645664083968. The highest BCUT2D eigenvalue weighted by atomic mass is 28.3. The van der Waals surface area contributed by atoms with Crippen LogP contribution in [-0.2, 0) is 26.8 Å². The molecule has 0 radical (unpaired) electrons. The van der Waals surface area contributed by atoms with Crippen molar-refractivity contribution in [3.8, 4) is 0 Å². The highest BCUT2D eigenvalue weighted by Gasteiger charge is 1.86. The molecule has 0 aliphatic heterocycles. The van der Waals surface area contributed by atoms with Crippen LogP contribution in [-0.4, -0.2) is 182 Å². The standard InChI is InChI=1S/3Mg.6H2O3Si.6H/c;;;6*1-4(2)3;;;;;;/h;;;6*1-2H;;;;;;. The molecule has 0 saturated heterocycles. The van der Waals surface area contributed by atoms with Crippen LogP contribution in [0.3, 0.4) is 0 Å². The van der Waals surface area contributed by atoms with Crippen LogP contribution in [0, 0.1) is 0 Å². The molecule has 18 nitrogen and oxygen atoms in total. The fourth-order valence-corrected chi connectivity index (χ4v) is 0. The van der Waals surface area contributed by atoms with Gasteiger partial charge in [-0.05, 0) is 0 Å². The lowest BCUT2D eigenvalue weighted by Crippen LogP contribution is -1.90.